The standard InChI is InChI=1S/C43H57N2O7P/c1-7-21-50-42(47)39(27-33-15-11-9-12-16-33)44-53(49,45-40(43(48)51-22-8-2)28-34-17-13-10-14-18-34)29-52-36-23-31(5)38(32(6)24-36)26-35-19-20-41(46)37(25-35)30(3)4/h9-20,23-25,30,39-40,44-46,49,53H,7-8,21-22,26-29H2,1-6H3/t39-,40-/m0/s1. The van der Waals surface area contributed by atoms with E-state index < -0.39 is 31.8 Å². The SMILES string of the molecule is CCCOC(=O)[C@H](Cc1ccccc1)N[PH](O)(COc1cc(C)c(Cc2ccc(O)c(C(C)C)c2)c(C)c1)N[C@@H](Cc1ccccc1)C(=O)OCCC. The third-order valence-electron chi connectivity index (χ3n) is 9.07. The van der Waals surface area contributed by atoms with Crippen molar-refractivity contribution in [1.82, 2.24) is 10.2 Å². The molecule has 0 unspecified atom stereocenters. The van der Waals surface area contributed by atoms with Crippen molar-refractivity contribution in [2.45, 2.75) is 91.6 Å². The number of aromatic hydroxyl groups is 1. The van der Waals surface area contributed by atoms with Crippen molar-refractivity contribution >= 4 is 19.7 Å². The molecule has 0 aliphatic rings. The fourth-order valence-corrected chi connectivity index (χ4v) is 8.50. The molecule has 4 N–H and O–H groups in total. The van der Waals surface area contributed by atoms with Gasteiger partial charge < -0.3 is 0 Å². The Labute approximate surface area is 315 Å². The Morgan fingerprint density at radius 2 is 1.21 bits per heavy atom. The van der Waals surface area contributed by atoms with Gasteiger partial charge >= 0.3 is 316 Å². The summed E-state index contributed by atoms with van der Waals surface area (Å²) in [4.78, 5) is 39.6. The van der Waals surface area contributed by atoms with E-state index in [2.05, 4.69) is 30.1 Å². The molecule has 0 bridgehead atoms. The van der Waals surface area contributed by atoms with Crippen LogP contribution in [0, 0.1) is 13.8 Å². The van der Waals surface area contributed by atoms with Gasteiger partial charge in [-0.15, -0.1) is 0 Å². The molecule has 0 aliphatic carbocycles. The summed E-state index contributed by atoms with van der Waals surface area (Å²) in [6.07, 6.45) is 2.27. The van der Waals surface area contributed by atoms with Crippen LogP contribution in [0.1, 0.15) is 85.4 Å². The average molecular weight is 745 g/mol. The van der Waals surface area contributed by atoms with Crippen LogP contribution in [-0.2, 0) is 38.3 Å². The van der Waals surface area contributed by atoms with E-state index in [1.165, 1.54) is 0 Å². The zero-order valence-electron chi connectivity index (χ0n) is 32.0. The van der Waals surface area contributed by atoms with Gasteiger partial charge in [0.05, 0.1) is 0 Å². The third-order valence-corrected chi connectivity index (χ3v) is 11.3. The first kappa shape index (κ1) is 41.5. The molecule has 2 atom stereocenters. The van der Waals surface area contributed by atoms with Gasteiger partial charge in [-0.25, -0.2) is 0 Å². The second-order valence-electron chi connectivity index (χ2n) is 14.0. The minimum atomic E-state index is -4.05. The van der Waals surface area contributed by atoms with Crippen molar-refractivity contribution < 1.29 is 33.8 Å². The Morgan fingerprint density at radius 3 is 1.66 bits per heavy atom. The van der Waals surface area contributed by atoms with Crippen molar-refractivity contribution in [3.8, 4) is 11.5 Å². The number of phenolic OH excluding ortho intramolecular Hbond substituents is 1. The number of carbonyl (C=O) groups is 2. The molecule has 53 heavy (non-hydrogen) atoms. The van der Waals surface area contributed by atoms with Crippen LogP contribution < -0.4 is 14.9 Å². The molecule has 10 heteroatoms. The van der Waals surface area contributed by atoms with E-state index in [0.29, 0.717) is 30.8 Å². The Kier molecular flexibility index (Phi) is 15.9. The molecule has 4 aromatic carbocycles. The fraction of sp³-hybridized carbons (Fsp3) is 0.395. The number of hydrogen-bond acceptors (Lipinski definition) is 9. The van der Waals surface area contributed by atoms with Crippen molar-refractivity contribution in [3.63, 3.8) is 0 Å². The van der Waals surface area contributed by atoms with Crippen LogP contribution in [0.2, 0.25) is 0 Å². The van der Waals surface area contributed by atoms with Crippen LogP contribution in [0.3, 0.4) is 0 Å². The minimum absolute atomic E-state index is 0.194. The molecule has 0 amide bonds. The van der Waals surface area contributed by atoms with Crippen LogP contribution in [0.5, 0.6) is 11.5 Å². The van der Waals surface area contributed by atoms with Gasteiger partial charge in [0, 0.05) is 0 Å². The maximum absolute atomic E-state index is 13.5. The summed E-state index contributed by atoms with van der Waals surface area (Å²) in [5.41, 5.74) is 6.95. The molecule has 9 nitrogen and oxygen atoms in total. The van der Waals surface area contributed by atoms with Gasteiger partial charge in [-0.3, -0.25) is 0 Å². The number of hydrogen-bond donors (Lipinski definition) is 4. The van der Waals surface area contributed by atoms with E-state index in [9.17, 15) is 19.6 Å². The molecule has 0 aliphatic heterocycles. The van der Waals surface area contributed by atoms with Crippen LogP contribution in [-0.4, -0.2) is 53.6 Å². The predicted molar refractivity (Wildman–Crippen MR) is 214 cm³/mol. The Morgan fingerprint density at radius 1 is 0.717 bits per heavy atom. The molecule has 0 spiro atoms. The number of carbonyl (C=O) groups excluding carboxylic acids is 2. The van der Waals surface area contributed by atoms with Gasteiger partial charge in [-0.1, -0.05) is 0 Å². The van der Waals surface area contributed by atoms with Gasteiger partial charge in [0.15, 0.2) is 0 Å². The topological polar surface area (TPSA) is 126 Å². The Hall–Kier alpha value is -4.27. The molecule has 4 rings (SSSR count). The molecule has 0 aromatic heterocycles. The quantitative estimate of drug-likeness (QED) is 0.0529. The summed E-state index contributed by atoms with van der Waals surface area (Å²) >= 11 is 0. The van der Waals surface area contributed by atoms with Gasteiger partial charge in [-0.2, -0.15) is 0 Å². The summed E-state index contributed by atoms with van der Waals surface area (Å²) in [7, 11) is -4.05. The van der Waals surface area contributed by atoms with E-state index in [-0.39, 0.29) is 38.3 Å². The zero-order valence-corrected chi connectivity index (χ0v) is 33.0. The van der Waals surface area contributed by atoms with Crippen LogP contribution in [0.4, 0.5) is 0 Å². The first-order valence-electron chi connectivity index (χ1n) is 18.6. The fourth-order valence-electron chi connectivity index (χ4n) is 6.28. The van der Waals surface area contributed by atoms with Gasteiger partial charge in [0.25, 0.3) is 0 Å². The number of benzene rings is 4. The van der Waals surface area contributed by atoms with Crippen LogP contribution in [0.15, 0.2) is 91.0 Å². The average Bonchev–Trinajstić information content (AvgIpc) is 3.14. The maximum atomic E-state index is 13.5. The van der Waals surface area contributed by atoms with E-state index in [4.69, 9.17) is 14.2 Å². The van der Waals surface area contributed by atoms with Crippen LogP contribution in [0.25, 0.3) is 0 Å². The normalized spacial score (nSPS) is 13.0. The molecule has 0 saturated heterocycles. The number of rotatable bonds is 20. The molecule has 0 fully saturated rings. The predicted octanol–water partition coefficient (Wildman–Crippen LogP) is 7.85. The molecular weight excluding hydrogens is 687 g/mol. The zero-order chi connectivity index (χ0) is 38.4. The van der Waals surface area contributed by atoms with E-state index in [1.54, 1.807) is 6.07 Å². The molecule has 0 saturated carbocycles. The second-order valence-corrected chi connectivity index (χ2v) is 16.6. The molecule has 4 aromatic rings. The molecule has 0 radical (unpaired) electrons. The van der Waals surface area contributed by atoms with E-state index in [1.807, 2.05) is 107 Å². The summed E-state index contributed by atoms with van der Waals surface area (Å²) in [6, 6.07) is 26.9. The first-order valence-corrected chi connectivity index (χ1v) is 20.8. The summed E-state index contributed by atoms with van der Waals surface area (Å²) < 4.78 is 17.6. The summed E-state index contributed by atoms with van der Waals surface area (Å²) in [5.74, 6) is 0.0481. The van der Waals surface area contributed by atoms with Crippen molar-refractivity contribution in [2.24, 2.45) is 0 Å². The van der Waals surface area contributed by atoms with Crippen molar-refractivity contribution in [3.05, 3.63) is 130 Å². The third kappa shape index (κ3) is 12.7. The molecule has 286 valence electrons. The van der Waals surface area contributed by atoms with Gasteiger partial charge in [-0.05, 0) is 0 Å². The van der Waals surface area contributed by atoms with Crippen molar-refractivity contribution in [1.29, 1.82) is 0 Å². The Bertz CT molecular complexity index is 1680. The van der Waals surface area contributed by atoms with E-state index in [0.717, 1.165) is 38.9 Å². The van der Waals surface area contributed by atoms with Crippen LogP contribution >= 0.6 is 7.79 Å². The number of esters is 2. The molecule has 0 heterocycles. The Balaban J connectivity index is 1.66. The molecular formula is C43H57N2O7P. The second kappa shape index (κ2) is 20.3. The monoisotopic (exact) mass is 744 g/mol. The first-order chi connectivity index (χ1) is 25.4. The van der Waals surface area contributed by atoms with Gasteiger partial charge in [0.1, 0.15) is 0 Å². The van der Waals surface area contributed by atoms with E-state index >= 15 is 0 Å². The summed E-state index contributed by atoms with van der Waals surface area (Å²) in [6.45, 7) is 12.5. The van der Waals surface area contributed by atoms with Gasteiger partial charge in [0.2, 0.25) is 0 Å². The summed E-state index contributed by atoms with van der Waals surface area (Å²) in [5, 5.41) is 16.8. The number of ether oxygens (including phenoxy) is 3. The number of aryl methyl sites for hydroxylation is 2. The number of phenols is 1. The number of nitrogens with one attached hydrogen (secondary N) is 2. The van der Waals surface area contributed by atoms with Crippen molar-refractivity contribution in [2.75, 3.05) is 19.6 Å².